The van der Waals surface area contributed by atoms with E-state index < -0.39 is 0 Å². The summed E-state index contributed by atoms with van der Waals surface area (Å²) in [6.07, 6.45) is 1.30. The van der Waals surface area contributed by atoms with E-state index in [4.69, 9.17) is 47.7 Å². The number of amidine groups is 2. The summed E-state index contributed by atoms with van der Waals surface area (Å²) < 4.78 is 11.3. The Bertz CT molecular complexity index is 1940. The van der Waals surface area contributed by atoms with Crippen LogP contribution >= 0.6 is 23.2 Å². The van der Waals surface area contributed by atoms with E-state index in [9.17, 15) is 14.7 Å². The highest BCUT2D eigenvalue weighted by atomic mass is 35.5. The smallest absolute Gasteiger partial charge is 0.251 e. The lowest BCUT2D eigenvalue weighted by Crippen LogP contribution is -2.27. The van der Waals surface area contributed by atoms with Crippen LogP contribution in [0.2, 0.25) is 10.0 Å². The van der Waals surface area contributed by atoms with Crippen LogP contribution in [0.5, 0.6) is 5.75 Å². The van der Waals surface area contributed by atoms with Crippen LogP contribution in [0.25, 0.3) is 0 Å². The highest BCUT2D eigenvalue weighted by molar-refractivity contribution is 6.42. The summed E-state index contributed by atoms with van der Waals surface area (Å²) in [6, 6.07) is 28.1. The summed E-state index contributed by atoms with van der Waals surface area (Å²) in [6.45, 7) is 4.73. The number of phenolic OH excluding ortho intramolecular Hbond substituents is 1. The van der Waals surface area contributed by atoms with E-state index in [1.165, 1.54) is 0 Å². The van der Waals surface area contributed by atoms with Crippen LogP contribution in [-0.4, -0.2) is 74.1 Å². The second-order valence-corrected chi connectivity index (χ2v) is 13.0. The number of ether oxygens (including phenoxy) is 2. The average Bonchev–Trinajstić information content (AvgIpc) is 3.35. The normalized spacial score (nSPS) is 14.8. The Balaban J connectivity index is 1.14. The first-order chi connectivity index (χ1) is 26.3. The highest BCUT2D eigenvalue weighted by Crippen LogP contribution is 2.23. The molecule has 282 valence electrons. The Hall–Kier alpha value is -5.27. The SMILES string of the molecule is CCC1CC(=NCCOCCOCCNC(=O)c2ccccc2)N=C(Nc2ccc(O)cc2)N=C1Nc1ccc(C(=O)NCc2ccc(Cl)c(Cl)c2)cc1. The van der Waals surface area contributed by atoms with Gasteiger partial charge in [-0.25, -0.2) is 0 Å². The van der Waals surface area contributed by atoms with Gasteiger partial charge in [-0.15, -0.1) is 0 Å². The zero-order valence-electron chi connectivity index (χ0n) is 29.9. The first-order valence-corrected chi connectivity index (χ1v) is 18.4. The number of carbonyl (C=O) groups is 2. The Morgan fingerprint density at radius 3 is 2.17 bits per heavy atom. The van der Waals surface area contributed by atoms with E-state index >= 15 is 0 Å². The van der Waals surface area contributed by atoms with E-state index in [0.717, 1.165) is 17.7 Å². The lowest BCUT2D eigenvalue weighted by Gasteiger charge is -2.18. The molecule has 1 heterocycles. The van der Waals surface area contributed by atoms with Gasteiger partial charge in [0, 0.05) is 47.9 Å². The van der Waals surface area contributed by atoms with Gasteiger partial charge >= 0.3 is 0 Å². The minimum absolute atomic E-state index is 0.0301. The molecule has 0 saturated carbocycles. The fourth-order valence-corrected chi connectivity index (χ4v) is 5.61. The number of benzene rings is 4. The number of aromatic hydroxyl groups is 1. The maximum atomic E-state index is 12.9. The number of halogens is 2. The Morgan fingerprint density at radius 1 is 0.778 bits per heavy atom. The van der Waals surface area contributed by atoms with Crippen LogP contribution in [-0.2, 0) is 16.0 Å². The maximum absolute atomic E-state index is 12.9. The monoisotopic (exact) mass is 771 g/mol. The molecule has 12 nitrogen and oxygen atoms in total. The van der Waals surface area contributed by atoms with Gasteiger partial charge in [0.15, 0.2) is 0 Å². The van der Waals surface area contributed by atoms with Crippen molar-refractivity contribution in [3.05, 3.63) is 124 Å². The summed E-state index contributed by atoms with van der Waals surface area (Å²) in [4.78, 5) is 39.3. The lowest BCUT2D eigenvalue weighted by atomic mass is 10.00. The Labute approximate surface area is 324 Å². The third-order valence-electron chi connectivity index (χ3n) is 8.22. The zero-order valence-corrected chi connectivity index (χ0v) is 31.4. The van der Waals surface area contributed by atoms with Gasteiger partial charge in [0.05, 0.1) is 43.0 Å². The largest absolute Gasteiger partial charge is 0.508 e. The molecule has 5 rings (SSSR count). The molecule has 4 aromatic carbocycles. The fourth-order valence-electron chi connectivity index (χ4n) is 5.29. The topological polar surface area (TPSA) is 158 Å². The fraction of sp³-hybridized carbons (Fsp3) is 0.275. The minimum Gasteiger partial charge on any atom is -0.508 e. The summed E-state index contributed by atoms with van der Waals surface area (Å²) >= 11 is 12.1. The first-order valence-electron chi connectivity index (χ1n) is 17.6. The number of rotatable bonds is 16. The van der Waals surface area contributed by atoms with Crippen molar-refractivity contribution in [2.45, 2.75) is 26.3 Å². The molecule has 0 aromatic heterocycles. The van der Waals surface area contributed by atoms with Gasteiger partial charge in [-0.1, -0.05) is 54.4 Å². The standard InChI is InChI=1S/C40H43Cl2N7O5/c1-2-28-25-36(43-18-20-53-22-23-54-21-19-44-38(51)29-6-4-3-5-7-29)48-40(47-32-13-15-33(50)16-14-32)49-37(28)46-31-11-9-30(10-12-31)39(52)45-26-27-8-17-34(41)35(42)24-27/h3-17,24,28,50H,2,18-23,25-26H2,1H3,(H,44,51)(H,45,52)(H2,43,46,47,48,49). The summed E-state index contributed by atoms with van der Waals surface area (Å²) in [7, 11) is 0. The number of nitrogens with one attached hydrogen (secondary N) is 4. The molecule has 0 spiro atoms. The number of anilines is 2. The molecule has 0 saturated heterocycles. The van der Waals surface area contributed by atoms with E-state index in [-0.39, 0.29) is 23.5 Å². The van der Waals surface area contributed by atoms with Crippen LogP contribution in [0.1, 0.15) is 46.0 Å². The van der Waals surface area contributed by atoms with E-state index in [1.807, 2.05) is 36.4 Å². The average molecular weight is 773 g/mol. The number of amides is 2. The molecular formula is C40H43Cl2N7O5. The van der Waals surface area contributed by atoms with E-state index in [2.05, 4.69) is 28.2 Å². The van der Waals surface area contributed by atoms with Gasteiger partial charge in [-0.2, -0.15) is 9.98 Å². The third-order valence-corrected chi connectivity index (χ3v) is 8.96. The molecule has 0 aliphatic carbocycles. The number of carbonyl (C=O) groups excluding carboxylic acids is 2. The zero-order chi connectivity index (χ0) is 38.1. The number of aliphatic imine (C=N–C) groups is 3. The molecular weight excluding hydrogens is 729 g/mol. The molecule has 1 aliphatic heterocycles. The number of nitrogens with zero attached hydrogens (tertiary/aromatic N) is 3. The van der Waals surface area contributed by atoms with Crippen molar-refractivity contribution in [2.75, 3.05) is 50.2 Å². The van der Waals surface area contributed by atoms with Gasteiger partial charge < -0.3 is 35.8 Å². The van der Waals surface area contributed by atoms with Crippen LogP contribution in [0.4, 0.5) is 11.4 Å². The molecule has 14 heteroatoms. The molecule has 1 aliphatic rings. The van der Waals surface area contributed by atoms with Gasteiger partial charge in [0.1, 0.15) is 17.4 Å². The predicted octanol–water partition coefficient (Wildman–Crippen LogP) is 7.20. The number of phenols is 1. The van der Waals surface area contributed by atoms with Crippen molar-refractivity contribution >= 4 is 64.0 Å². The molecule has 0 fully saturated rings. The molecule has 0 radical (unpaired) electrons. The van der Waals surface area contributed by atoms with Crippen molar-refractivity contribution in [2.24, 2.45) is 20.9 Å². The van der Waals surface area contributed by atoms with Gasteiger partial charge in [-0.3, -0.25) is 14.6 Å². The van der Waals surface area contributed by atoms with Gasteiger partial charge in [0.25, 0.3) is 11.8 Å². The van der Waals surface area contributed by atoms with Gasteiger partial charge in [-0.05, 0) is 84.8 Å². The summed E-state index contributed by atoms with van der Waals surface area (Å²) in [5, 5.41) is 23.1. The molecule has 2 amide bonds. The third kappa shape index (κ3) is 12.7. The molecule has 5 N–H and O–H groups in total. The summed E-state index contributed by atoms with van der Waals surface area (Å²) in [5.41, 5.74) is 3.41. The first kappa shape index (κ1) is 39.9. The lowest BCUT2D eigenvalue weighted by molar-refractivity contribution is 0.0512. The summed E-state index contributed by atoms with van der Waals surface area (Å²) in [5.74, 6) is 1.41. The van der Waals surface area contributed by atoms with Crippen LogP contribution in [0.3, 0.4) is 0 Å². The van der Waals surface area contributed by atoms with Crippen LogP contribution in [0, 0.1) is 5.92 Å². The highest BCUT2D eigenvalue weighted by Gasteiger charge is 2.22. The second kappa shape index (κ2) is 20.8. The maximum Gasteiger partial charge on any atom is 0.251 e. The number of hydrogen-bond acceptors (Lipinski definition) is 9. The Kier molecular flexibility index (Phi) is 15.4. The predicted molar refractivity (Wildman–Crippen MR) is 215 cm³/mol. The Morgan fingerprint density at radius 2 is 1.44 bits per heavy atom. The van der Waals surface area contributed by atoms with E-state index in [0.29, 0.717) is 97.0 Å². The molecule has 1 atom stereocenters. The van der Waals surface area contributed by atoms with Crippen molar-refractivity contribution in [1.29, 1.82) is 0 Å². The van der Waals surface area contributed by atoms with Crippen LogP contribution < -0.4 is 21.3 Å². The molecule has 0 bridgehead atoms. The molecule has 1 unspecified atom stereocenters. The van der Waals surface area contributed by atoms with Gasteiger partial charge in [0.2, 0.25) is 5.96 Å². The van der Waals surface area contributed by atoms with Crippen molar-refractivity contribution in [1.82, 2.24) is 10.6 Å². The quantitative estimate of drug-likeness (QED) is 0.0596. The molecule has 54 heavy (non-hydrogen) atoms. The van der Waals surface area contributed by atoms with Crippen molar-refractivity contribution in [3.63, 3.8) is 0 Å². The van der Waals surface area contributed by atoms with Crippen LogP contribution in [0.15, 0.2) is 112 Å². The van der Waals surface area contributed by atoms with Crippen molar-refractivity contribution in [3.8, 4) is 5.75 Å². The number of guanidine groups is 1. The number of hydrogen-bond donors (Lipinski definition) is 5. The van der Waals surface area contributed by atoms with Crippen molar-refractivity contribution < 1.29 is 24.2 Å². The van der Waals surface area contributed by atoms with E-state index in [1.54, 1.807) is 60.7 Å². The minimum atomic E-state index is -0.222. The second-order valence-electron chi connectivity index (χ2n) is 12.2. The molecule has 4 aromatic rings.